The summed E-state index contributed by atoms with van der Waals surface area (Å²) in [6.45, 7) is 16.4. The number of piperazine rings is 1. The summed E-state index contributed by atoms with van der Waals surface area (Å²) < 4.78 is 7.31. The van der Waals surface area contributed by atoms with Gasteiger partial charge < -0.3 is 19.4 Å². The number of benzene rings is 1. The van der Waals surface area contributed by atoms with E-state index >= 15 is 0 Å². The molecule has 2 aromatic heterocycles. The van der Waals surface area contributed by atoms with Crippen molar-refractivity contribution in [3.8, 4) is 11.8 Å². The van der Waals surface area contributed by atoms with Crippen molar-refractivity contribution in [1.82, 2.24) is 19.4 Å². The van der Waals surface area contributed by atoms with Crippen molar-refractivity contribution < 1.29 is 9.53 Å². The third-order valence-corrected chi connectivity index (χ3v) is 8.46. The largest absolute Gasteiger partial charge is 0.444 e. The van der Waals surface area contributed by atoms with Crippen LogP contribution in [0.2, 0.25) is 5.02 Å². The van der Waals surface area contributed by atoms with E-state index in [0.29, 0.717) is 41.9 Å². The molecule has 5 rings (SSSR count). The topological polar surface area (TPSA) is 108 Å². The minimum absolute atomic E-state index is 0.105. The van der Waals surface area contributed by atoms with Crippen LogP contribution < -0.4 is 15.5 Å². The molecule has 11 heteroatoms. The smallest absolute Gasteiger partial charge is 0.410 e. The van der Waals surface area contributed by atoms with Gasteiger partial charge in [-0.3, -0.25) is 0 Å². The number of hydrogen-bond donors (Lipinski definition) is 0. The molecule has 10 nitrogen and oxygen atoms in total. The molecule has 2 fully saturated rings. The van der Waals surface area contributed by atoms with Crippen LogP contribution in [0.5, 0.6) is 0 Å². The number of hydrogen-bond acceptors (Lipinski definition) is 8. The van der Waals surface area contributed by atoms with Crippen molar-refractivity contribution in [2.45, 2.75) is 92.2 Å². The molecule has 2 aliphatic heterocycles. The van der Waals surface area contributed by atoms with Gasteiger partial charge in [0.05, 0.1) is 22.2 Å². The molecule has 3 aromatic rings. The number of carbonyl (C=O) groups excluding carboxylic acids is 1. The van der Waals surface area contributed by atoms with E-state index in [1.165, 1.54) is 13.3 Å². The van der Waals surface area contributed by atoms with Crippen LogP contribution in [-0.2, 0) is 17.6 Å². The molecular weight excluding hydrogens is 590 g/mol. The number of rotatable bonds is 5. The van der Waals surface area contributed by atoms with Crippen molar-refractivity contribution in [2.75, 3.05) is 42.5 Å². The summed E-state index contributed by atoms with van der Waals surface area (Å²) >= 11 is 6.96. The molecule has 2 aliphatic rings. The number of carbonyl (C=O) groups is 1. The molecule has 0 saturated carbocycles. The first-order valence-corrected chi connectivity index (χ1v) is 16.4. The van der Waals surface area contributed by atoms with Gasteiger partial charge in [0.1, 0.15) is 17.2 Å². The summed E-state index contributed by atoms with van der Waals surface area (Å²) in [5.74, 6) is 1.26. The molecule has 0 spiro atoms. The lowest BCUT2D eigenvalue weighted by molar-refractivity contribution is 0.0218. The Bertz CT molecular complexity index is 1600. The van der Waals surface area contributed by atoms with Crippen LogP contribution in [0.1, 0.15) is 78.9 Å². The van der Waals surface area contributed by atoms with Crippen LogP contribution in [-0.4, -0.2) is 69.9 Å². The Kier molecular flexibility index (Phi) is 11.0. The summed E-state index contributed by atoms with van der Waals surface area (Å²) in [6, 6.07) is 9.76. The standard InChI is InChI=1S/C32H43ClN6O3.C2H3N/c1-7-22-13-12-14-23(8-2)26(22)39-28-24(19-25(33)29(34-28)36-15-10-9-11-16-36)27(35-30(39)40)38-18-17-37(20-21(38)3)31(41)42-32(4,5)6;1-2-3/h12-14,19,21H,7-11,15-18,20H2,1-6H3;1H3/t21-;/m0./s1. The van der Waals surface area contributed by atoms with Crippen molar-refractivity contribution in [2.24, 2.45) is 0 Å². The van der Waals surface area contributed by atoms with E-state index in [9.17, 15) is 9.59 Å². The molecule has 4 heterocycles. The number of piperidine rings is 1. The predicted octanol–water partition coefficient (Wildman–Crippen LogP) is 6.52. The van der Waals surface area contributed by atoms with Gasteiger partial charge in [-0.2, -0.15) is 10.2 Å². The number of nitrogens with zero attached hydrogens (tertiary/aromatic N) is 7. The summed E-state index contributed by atoms with van der Waals surface area (Å²) in [7, 11) is 0. The average molecular weight is 636 g/mol. The first kappa shape index (κ1) is 34.0. The van der Waals surface area contributed by atoms with E-state index < -0.39 is 5.60 Å². The van der Waals surface area contributed by atoms with Crippen LogP contribution >= 0.6 is 11.6 Å². The number of nitriles is 1. The monoisotopic (exact) mass is 635 g/mol. The van der Waals surface area contributed by atoms with E-state index in [1.54, 1.807) is 15.5 Å². The summed E-state index contributed by atoms with van der Waals surface area (Å²) in [5.41, 5.74) is 2.63. The van der Waals surface area contributed by atoms with Gasteiger partial charge >= 0.3 is 11.8 Å². The number of amides is 1. The summed E-state index contributed by atoms with van der Waals surface area (Å²) in [6.07, 6.45) is 4.58. The number of fused-ring (bicyclic) bond motifs is 1. The Morgan fingerprint density at radius 3 is 2.22 bits per heavy atom. The molecule has 1 amide bonds. The molecule has 0 unspecified atom stereocenters. The molecule has 0 bridgehead atoms. The Balaban J connectivity index is 0.00000148. The van der Waals surface area contributed by atoms with Gasteiger partial charge in [-0.15, -0.1) is 0 Å². The van der Waals surface area contributed by atoms with E-state index in [0.717, 1.165) is 61.0 Å². The molecule has 0 aliphatic carbocycles. The second kappa shape index (κ2) is 14.5. The highest BCUT2D eigenvalue weighted by Gasteiger charge is 2.33. The molecule has 242 valence electrons. The number of ether oxygens (including phenoxy) is 1. The zero-order valence-electron chi connectivity index (χ0n) is 27.7. The minimum Gasteiger partial charge on any atom is -0.444 e. The van der Waals surface area contributed by atoms with Crippen molar-refractivity contribution in [1.29, 1.82) is 5.26 Å². The maximum absolute atomic E-state index is 14.1. The predicted molar refractivity (Wildman–Crippen MR) is 181 cm³/mol. The zero-order chi connectivity index (χ0) is 32.9. The minimum atomic E-state index is -0.569. The number of para-hydroxylation sites is 1. The molecule has 45 heavy (non-hydrogen) atoms. The van der Waals surface area contributed by atoms with E-state index in [-0.39, 0.29) is 17.8 Å². The first-order chi connectivity index (χ1) is 21.4. The molecule has 2 saturated heterocycles. The lowest BCUT2D eigenvalue weighted by Gasteiger charge is -2.41. The fourth-order valence-corrected chi connectivity index (χ4v) is 6.38. The van der Waals surface area contributed by atoms with Gasteiger partial charge in [-0.25, -0.2) is 19.1 Å². The molecule has 1 aromatic carbocycles. The lowest BCUT2D eigenvalue weighted by atomic mass is 10.0. The van der Waals surface area contributed by atoms with Crippen LogP contribution in [0.25, 0.3) is 16.7 Å². The Morgan fingerprint density at radius 2 is 1.67 bits per heavy atom. The fourth-order valence-electron chi connectivity index (χ4n) is 6.11. The average Bonchev–Trinajstić information content (AvgIpc) is 3.00. The van der Waals surface area contributed by atoms with Gasteiger partial charge in [-0.1, -0.05) is 43.6 Å². The number of anilines is 2. The number of aromatic nitrogens is 3. The Hall–Kier alpha value is -3.84. The summed E-state index contributed by atoms with van der Waals surface area (Å²) in [5, 5.41) is 8.60. The van der Waals surface area contributed by atoms with Crippen molar-refractivity contribution in [3.63, 3.8) is 0 Å². The number of pyridine rings is 1. The normalized spacial score (nSPS) is 17.0. The van der Waals surface area contributed by atoms with E-state index in [4.69, 9.17) is 31.6 Å². The van der Waals surface area contributed by atoms with Crippen molar-refractivity contribution >= 4 is 40.4 Å². The number of halogens is 1. The van der Waals surface area contributed by atoms with Gasteiger partial charge in [0.15, 0.2) is 5.65 Å². The van der Waals surface area contributed by atoms with Crippen LogP contribution in [0.3, 0.4) is 0 Å². The van der Waals surface area contributed by atoms with Crippen molar-refractivity contribution in [3.05, 3.63) is 50.9 Å². The quantitative estimate of drug-likeness (QED) is 0.312. The first-order valence-electron chi connectivity index (χ1n) is 16.0. The highest BCUT2D eigenvalue weighted by molar-refractivity contribution is 6.33. The molecule has 0 radical (unpaired) electrons. The van der Waals surface area contributed by atoms with Crippen LogP contribution in [0.15, 0.2) is 29.1 Å². The molecule has 0 N–H and O–H groups in total. The Morgan fingerprint density at radius 1 is 1.04 bits per heavy atom. The van der Waals surface area contributed by atoms with Gasteiger partial charge in [0.25, 0.3) is 0 Å². The highest BCUT2D eigenvalue weighted by atomic mass is 35.5. The fraction of sp³-hybridized carbons (Fsp3) is 0.559. The second-order valence-corrected chi connectivity index (χ2v) is 13.0. The lowest BCUT2D eigenvalue weighted by Crippen LogP contribution is -2.55. The third kappa shape index (κ3) is 7.52. The SMILES string of the molecule is CC#N.CCc1cccc(CC)c1-n1c(=O)nc(N2CCN(C(=O)OC(C)(C)C)C[C@@H]2C)c2cc(Cl)c(N3CCCCC3)nc21. The van der Waals surface area contributed by atoms with Crippen LogP contribution in [0, 0.1) is 11.3 Å². The van der Waals surface area contributed by atoms with E-state index in [2.05, 4.69) is 35.8 Å². The molecule has 1 atom stereocenters. The van der Waals surface area contributed by atoms with Crippen LogP contribution in [0.4, 0.5) is 16.4 Å². The summed E-state index contributed by atoms with van der Waals surface area (Å²) in [4.78, 5) is 42.8. The third-order valence-electron chi connectivity index (χ3n) is 8.18. The van der Waals surface area contributed by atoms with Gasteiger partial charge in [-0.05, 0) is 77.0 Å². The highest BCUT2D eigenvalue weighted by Crippen LogP contribution is 2.35. The van der Waals surface area contributed by atoms with E-state index in [1.807, 2.05) is 39.8 Å². The van der Waals surface area contributed by atoms with Gasteiger partial charge in [0.2, 0.25) is 0 Å². The maximum atomic E-state index is 14.1. The Labute approximate surface area is 271 Å². The zero-order valence-corrected chi connectivity index (χ0v) is 28.4. The maximum Gasteiger partial charge on any atom is 0.410 e. The number of aryl methyl sites for hydroxylation is 2. The second-order valence-electron chi connectivity index (χ2n) is 12.6. The molecular formula is C34H46ClN7O3. The van der Waals surface area contributed by atoms with Gasteiger partial charge in [0, 0.05) is 45.7 Å².